The number of aliphatic hydroxyl groups is 1. The summed E-state index contributed by atoms with van der Waals surface area (Å²) in [5.74, 6) is -2.29. The van der Waals surface area contributed by atoms with E-state index in [1.54, 1.807) is 0 Å². The van der Waals surface area contributed by atoms with Crippen LogP contribution in [0.3, 0.4) is 0 Å². The standard InChI is InChI=1S/C6H8O8S/c7-3-1-4(6(8)9)13-2-5(3)14-15(10,11)12/h1,3,5,7H,2H2,(H,8,9)(H,10,11,12)/p-2/t3-,5?/m1/s1. The lowest BCUT2D eigenvalue weighted by Gasteiger charge is -2.27. The van der Waals surface area contributed by atoms with Crippen molar-refractivity contribution >= 4 is 16.4 Å². The van der Waals surface area contributed by atoms with Crippen molar-refractivity contribution in [1.29, 1.82) is 0 Å². The summed E-state index contributed by atoms with van der Waals surface area (Å²) in [7, 11) is -4.98. The third kappa shape index (κ3) is 3.47. The summed E-state index contributed by atoms with van der Waals surface area (Å²) in [6.45, 7) is -0.567. The molecule has 0 aromatic carbocycles. The monoisotopic (exact) mass is 238 g/mol. The van der Waals surface area contributed by atoms with E-state index in [9.17, 15) is 28.0 Å². The zero-order valence-electron chi connectivity index (χ0n) is 7.15. The summed E-state index contributed by atoms with van der Waals surface area (Å²) in [5, 5.41) is 19.4. The van der Waals surface area contributed by atoms with E-state index in [0.29, 0.717) is 6.08 Å². The molecular formula is C6H6O8S-2. The summed E-state index contributed by atoms with van der Waals surface area (Å²) < 4.78 is 38.9. The van der Waals surface area contributed by atoms with Crippen LogP contribution < -0.4 is 5.11 Å². The van der Waals surface area contributed by atoms with Crippen LogP contribution >= 0.6 is 0 Å². The van der Waals surface area contributed by atoms with E-state index in [-0.39, 0.29) is 0 Å². The molecule has 8 nitrogen and oxygen atoms in total. The largest absolute Gasteiger partial charge is 0.726 e. The molecule has 0 amide bonds. The Labute approximate surface area is 84.7 Å². The molecule has 0 saturated carbocycles. The molecule has 0 fully saturated rings. The predicted octanol–water partition coefficient (Wildman–Crippen LogP) is -3.14. The van der Waals surface area contributed by atoms with E-state index >= 15 is 0 Å². The molecule has 0 radical (unpaired) electrons. The minimum Gasteiger partial charge on any atom is -0.726 e. The maximum absolute atomic E-state index is 10.3. The molecule has 86 valence electrons. The highest BCUT2D eigenvalue weighted by Crippen LogP contribution is 2.15. The maximum Gasteiger partial charge on any atom is 0.218 e. The van der Waals surface area contributed by atoms with Crippen LogP contribution in [0.5, 0.6) is 0 Å². The Morgan fingerprint density at radius 1 is 1.67 bits per heavy atom. The third-order valence-corrected chi connectivity index (χ3v) is 2.03. The Balaban J connectivity index is 2.73. The highest BCUT2D eigenvalue weighted by Gasteiger charge is 2.27. The smallest absolute Gasteiger partial charge is 0.218 e. The van der Waals surface area contributed by atoms with Crippen molar-refractivity contribution in [3.05, 3.63) is 11.8 Å². The highest BCUT2D eigenvalue weighted by molar-refractivity contribution is 7.80. The minimum atomic E-state index is -4.98. The molecule has 0 aromatic heterocycles. The number of rotatable bonds is 3. The van der Waals surface area contributed by atoms with E-state index in [4.69, 9.17) is 0 Å². The predicted molar refractivity (Wildman–Crippen MR) is 39.6 cm³/mol. The number of carbonyl (C=O) groups excluding carboxylic acids is 1. The Kier molecular flexibility index (Phi) is 3.29. The lowest BCUT2D eigenvalue weighted by atomic mass is 10.1. The minimum absolute atomic E-state index is 0.567. The van der Waals surface area contributed by atoms with E-state index in [1.807, 2.05) is 0 Å². The molecule has 0 aromatic rings. The fourth-order valence-corrected chi connectivity index (χ4v) is 1.42. The first kappa shape index (κ1) is 11.9. The van der Waals surface area contributed by atoms with E-state index < -0.39 is 40.9 Å². The maximum atomic E-state index is 10.3. The van der Waals surface area contributed by atoms with Gasteiger partial charge in [0.2, 0.25) is 10.4 Å². The van der Waals surface area contributed by atoms with Gasteiger partial charge in [-0.1, -0.05) is 0 Å². The van der Waals surface area contributed by atoms with Gasteiger partial charge in [-0.2, -0.15) is 0 Å². The molecule has 1 aliphatic heterocycles. The lowest BCUT2D eigenvalue weighted by Crippen LogP contribution is -2.40. The number of carboxylic acids is 1. The van der Waals surface area contributed by atoms with Gasteiger partial charge in [-0.25, -0.2) is 8.42 Å². The summed E-state index contributed by atoms with van der Waals surface area (Å²) >= 11 is 0. The molecule has 15 heavy (non-hydrogen) atoms. The Bertz CT molecular complexity index is 382. The molecule has 2 atom stereocenters. The molecular weight excluding hydrogens is 232 g/mol. The van der Waals surface area contributed by atoms with Crippen LogP contribution in [0.2, 0.25) is 0 Å². The van der Waals surface area contributed by atoms with Crippen molar-refractivity contribution in [2.75, 3.05) is 6.61 Å². The topological polar surface area (TPSA) is 136 Å². The Morgan fingerprint density at radius 2 is 2.27 bits per heavy atom. The number of ether oxygens (including phenoxy) is 1. The SMILES string of the molecule is O=C([O-])C1=C[C@@H](O)C(OS(=O)(=O)[O-])CO1. The molecule has 1 heterocycles. The second-order valence-electron chi connectivity index (χ2n) is 2.66. The van der Waals surface area contributed by atoms with Gasteiger partial charge in [0.05, 0.1) is 0 Å². The van der Waals surface area contributed by atoms with Gasteiger partial charge in [0.1, 0.15) is 30.5 Å². The van der Waals surface area contributed by atoms with Crippen LogP contribution in [-0.4, -0.2) is 42.9 Å². The van der Waals surface area contributed by atoms with Gasteiger partial charge in [-0.3, -0.25) is 4.18 Å². The Hall–Kier alpha value is -1.16. The fraction of sp³-hybridized carbons (Fsp3) is 0.500. The summed E-state index contributed by atoms with van der Waals surface area (Å²) in [6.07, 6.45) is -2.32. The first-order valence-corrected chi connectivity index (χ1v) is 5.01. The van der Waals surface area contributed by atoms with Crippen LogP contribution in [0.1, 0.15) is 0 Å². The van der Waals surface area contributed by atoms with Gasteiger partial charge in [-0.15, -0.1) is 0 Å². The number of carboxylic acid groups (broad SMARTS) is 1. The molecule has 1 unspecified atom stereocenters. The van der Waals surface area contributed by atoms with Crippen molar-refractivity contribution in [2.24, 2.45) is 0 Å². The number of hydrogen-bond acceptors (Lipinski definition) is 8. The molecule has 0 saturated heterocycles. The van der Waals surface area contributed by atoms with Gasteiger partial charge in [0.15, 0.2) is 0 Å². The normalized spacial score (nSPS) is 26.7. The van der Waals surface area contributed by atoms with E-state index in [2.05, 4.69) is 8.92 Å². The van der Waals surface area contributed by atoms with Gasteiger partial charge in [0, 0.05) is 0 Å². The average Bonchev–Trinajstić information content (AvgIpc) is 2.05. The second-order valence-corrected chi connectivity index (χ2v) is 3.67. The zero-order chi connectivity index (χ0) is 11.6. The summed E-state index contributed by atoms with van der Waals surface area (Å²) in [4.78, 5) is 10.3. The van der Waals surface area contributed by atoms with Crippen LogP contribution in [-0.2, 0) is 24.1 Å². The summed E-state index contributed by atoms with van der Waals surface area (Å²) in [5.41, 5.74) is 0. The molecule has 1 aliphatic rings. The number of hydrogen-bond donors (Lipinski definition) is 1. The average molecular weight is 238 g/mol. The van der Waals surface area contributed by atoms with Gasteiger partial charge >= 0.3 is 0 Å². The number of carbonyl (C=O) groups is 1. The van der Waals surface area contributed by atoms with Crippen molar-refractivity contribution in [3.8, 4) is 0 Å². The van der Waals surface area contributed by atoms with Gasteiger partial charge < -0.3 is 24.3 Å². The summed E-state index contributed by atoms with van der Waals surface area (Å²) in [6, 6.07) is 0. The van der Waals surface area contributed by atoms with E-state index in [1.165, 1.54) is 0 Å². The highest BCUT2D eigenvalue weighted by atomic mass is 32.3. The molecule has 0 bridgehead atoms. The van der Waals surface area contributed by atoms with Gasteiger partial charge in [0.25, 0.3) is 0 Å². The van der Waals surface area contributed by atoms with Crippen LogP contribution in [0.25, 0.3) is 0 Å². The van der Waals surface area contributed by atoms with Crippen molar-refractivity contribution in [3.63, 3.8) is 0 Å². The van der Waals surface area contributed by atoms with Crippen LogP contribution in [0.4, 0.5) is 0 Å². The third-order valence-electron chi connectivity index (χ3n) is 1.55. The van der Waals surface area contributed by atoms with Gasteiger partial charge in [-0.05, 0) is 6.08 Å². The quantitative estimate of drug-likeness (QED) is 0.402. The van der Waals surface area contributed by atoms with Crippen LogP contribution in [0.15, 0.2) is 11.8 Å². The lowest BCUT2D eigenvalue weighted by molar-refractivity contribution is -0.304. The first-order chi connectivity index (χ1) is 6.79. The second kappa shape index (κ2) is 4.14. The van der Waals surface area contributed by atoms with Crippen molar-refractivity contribution in [2.45, 2.75) is 12.2 Å². The Morgan fingerprint density at radius 3 is 2.67 bits per heavy atom. The molecule has 0 aliphatic carbocycles. The van der Waals surface area contributed by atoms with Crippen LogP contribution in [0, 0.1) is 0 Å². The fourth-order valence-electron chi connectivity index (χ4n) is 0.944. The molecule has 1 rings (SSSR count). The number of aliphatic hydroxyl groups excluding tert-OH is 1. The van der Waals surface area contributed by atoms with E-state index in [0.717, 1.165) is 0 Å². The first-order valence-electron chi connectivity index (χ1n) is 3.68. The van der Waals surface area contributed by atoms with Crippen molar-refractivity contribution < 1.29 is 36.9 Å². The number of aliphatic carboxylic acids is 1. The zero-order valence-corrected chi connectivity index (χ0v) is 7.97. The molecule has 0 spiro atoms. The molecule has 9 heteroatoms. The van der Waals surface area contributed by atoms with Crippen molar-refractivity contribution in [1.82, 2.24) is 0 Å². The molecule has 1 N–H and O–H groups in total.